The molecule has 8 nitrogen and oxygen atoms in total. The highest BCUT2D eigenvalue weighted by Gasteiger charge is 2.31. The fourth-order valence-corrected chi connectivity index (χ4v) is 2.39. The molecule has 0 aliphatic heterocycles. The van der Waals surface area contributed by atoms with Crippen molar-refractivity contribution in [2.24, 2.45) is 0 Å². The van der Waals surface area contributed by atoms with Crippen LogP contribution in [0.4, 0.5) is 5.69 Å². The monoisotopic (exact) mass is 320 g/mol. The molecule has 0 saturated heterocycles. The molecule has 8 heteroatoms. The van der Waals surface area contributed by atoms with Crippen LogP contribution in [0.25, 0.3) is 10.9 Å². The molecule has 0 N–H and O–H groups in total. The van der Waals surface area contributed by atoms with E-state index in [1.165, 1.54) is 19.1 Å². The van der Waals surface area contributed by atoms with Gasteiger partial charge < -0.3 is 0 Å². The number of rotatable bonds is 2. The van der Waals surface area contributed by atoms with Gasteiger partial charge >= 0.3 is 0 Å². The van der Waals surface area contributed by atoms with E-state index in [-0.39, 0.29) is 11.3 Å². The summed E-state index contributed by atoms with van der Waals surface area (Å²) in [6.45, 7) is 1.19. The lowest BCUT2D eigenvalue weighted by atomic mass is 9.92. The standard InChI is InChI=1S/C15H13N3O5/c1-8-16-10-3-2-4-12(18(22)23)14(10)15(21)17(8)11-6-5-9(19)7-13(11)20/h2-4,11H,5-7H2,1H3/t11-/m0/s1/i5D2,6D2,11D. The topological polar surface area (TPSA) is 112 Å². The van der Waals surface area contributed by atoms with Gasteiger partial charge in [0.05, 0.1) is 24.2 Å². The summed E-state index contributed by atoms with van der Waals surface area (Å²) in [4.78, 5) is 51.9. The van der Waals surface area contributed by atoms with Crippen LogP contribution in [-0.2, 0) is 9.59 Å². The third-order valence-electron chi connectivity index (χ3n) is 3.37. The zero-order valence-corrected chi connectivity index (χ0v) is 11.8. The number of nitro groups is 1. The molecule has 1 aromatic heterocycles. The molecule has 0 amide bonds. The number of hydrogen-bond donors (Lipinski definition) is 0. The van der Waals surface area contributed by atoms with E-state index in [4.69, 9.17) is 6.85 Å². The molecule has 1 aliphatic carbocycles. The van der Waals surface area contributed by atoms with Gasteiger partial charge in [0.25, 0.3) is 11.2 Å². The smallest absolute Gasteiger partial charge is 0.284 e. The van der Waals surface area contributed by atoms with Crippen LogP contribution in [0.2, 0.25) is 0 Å². The molecule has 1 atom stereocenters. The van der Waals surface area contributed by atoms with Crippen molar-refractivity contribution < 1.29 is 21.4 Å². The third-order valence-corrected chi connectivity index (χ3v) is 3.37. The highest BCUT2D eigenvalue weighted by Crippen LogP contribution is 2.26. The molecule has 1 aliphatic rings. The quantitative estimate of drug-likeness (QED) is 0.470. The Morgan fingerprint density at radius 3 is 2.87 bits per heavy atom. The first-order chi connectivity index (χ1) is 12.8. The molecule has 0 unspecified atom stereocenters. The molecule has 1 fully saturated rings. The van der Waals surface area contributed by atoms with E-state index >= 15 is 0 Å². The Morgan fingerprint density at radius 1 is 1.43 bits per heavy atom. The SMILES string of the molecule is [2H]C1([2H])C(=O)CC(=O)[C@@]([2H])(n2c(C)nc3cccc([N+](=O)[O-])c3c2=O)C1([2H])[2H]. The fourth-order valence-electron chi connectivity index (χ4n) is 2.39. The summed E-state index contributed by atoms with van der Waals surface area (Å²) in [7, 11) is 0. The Labute approximate surface area is 136 Å². The number of non-ortho nitro benzene ring substituents is 1. The zero-order valence-electron chi connectivity index (χ0n) is 16.8. The van der Waals surface area contributed by atoms with E-state index in [0.717, 1.165) is 6.07 Å². The third kappa shape index (κ3) is 2.41. The van der Waals surface area contributed by atoms with Crippen LogP contribution in [0.15, 0.2) is 23.0 Å². The first-order valence-corrected chi connectivity index (χ1v) is 6.52. The summed E-state index contributed by atoms with van der Waals surface area (Å²) in [5, 5.41) is 10.7. The van der Waals surface area contributed by atoms with Gasteiger partial charge in [-0.2, -0.15) is 0 Å². The van der Waals surface area contributed by atoms with Crippen LogP contribution < -0.4 is 5.56 Å². The maximum atomic E-state index is 13.1. The number of hydrogen-bond acceptors (Lipinski definition) is 6. The second-order valence-electron chi connectivity index (χ2n) is 4.85. The lowest BCUT2D eigenvalue weighted by Crippen LogP contribution is -2.36. The molecule has 2 aromatic rings. The normalized spacial score (nSPS) is 29.2. The molecule has 0 spiro atoms. The van der Waals surface area contributed by atoms with Crippen LogP contribution in [0, 0.1) is 17.0 Å². The molecule has 118 valence electrons. The van der Waals surface area contributed by atoms with E-state index < -0.39 is 58.3 Å². The van der Waals surface area contributed by atoms with Crippen LogP contribution in [0.1, 0.15) is 37.9 Å². The van der Waals surface area contributed by atoms with Gasteiger partial charge in [-0.05, 0) is 19.4 Å². The molecule has 1 aromatic carbocycles. The van der Waals surface area contributed by atoms with E-state index in [9.17, 15) is 24.5 Å². The van der Waals surface area contributed by atoms with Crippen molar-refractivity contribution in [2.45, 2.75) is 32.1 Å². The summed E-state index contributed by atoms with van der Waals surface area (Å²) in [6.07, 6.45) is -7.79. The van der Waals surface area contributed by atoms with Gasteiger partial charge in [-0.3, -0.25) is 29.1 Å². The van der Waals surface area contributed by atoms with E-state index in [2.05, 4.69) is 4.98 Å². The lowest BCUT2D eigenvalue weighted by molar-refractivity contribution is -0.383. The Hall–Kier alpha value is -2.90. The zero-order chi connectivity index (χ0) is 21.2. The minimum Gasteiger partial charge on any atom is -0.299 e. The Morgan fingerprint density at radius 2 is 2.17 bits per heavy atom. The van der Waals surface area contributed by atoms with Gasteiger partial charge in [-0.15, -0.1) is 0 Å². The summed E-state index contributed by atoms with van der Waals surface area (Å²) in [6, 6.07) is 0.422. The number of nitro benzene ring substituents is 1. The number of aryl methyl sites for hydroxylation is 1. The number of Topliss-reactive ketones (excluding diaryl/α,β-unsaturated/α-hetero) is 2. The lowest BCUT2D eigenvalue weighted by Gasteiger charge is -2.23. The number of fused-ring (bicyclic) bond motifs is 1. The van der Waals surface area contributed by atoms with Crippen LogP contribution >= 0.6 is 0 Å². The van der Waals surface area contributed by atoms with E-state index in [0.29, 0.717) is 4.57 Å². The minimum atomic E-state index is -3.44. The van der Waals surface area contributed by atoms with Crippen molar-refractivity contribution >= 4 is 28.2 Å². The fraction of sp³-hybridized carbons (Fsp3) is 0.333. The molecule has 0 radical (unpaired) electrons. The van der Waals surface area contributed by atoms with Gasteiger partial charge in [-0.1, -0.05) is 6.07 Å². The van der Waals surface area contributed by atoms with Crippen molar-refractivity contribution in [1.82, 2.24) is 9.55 Å². The predicted octanol–water partition coefficient (Wildman–Crippen LogP) is 1.48. The van der Waals surface area contributed by atoms with Gasteiger partial charge in [0, 0.05) is 17.9 Å². The predicted molar refractivity (Wildman–Crippen MR) is 80.3 cm³/mol. The molecule has 3 rings (SSSR count). The van der Waals surface area contributed by atoms with E-state index in [1.807, 2.05) is 0 Å². The highest BCUT2D eigenvalue weighted by atomic mass is 16.6. The summed E-state index contributed by atoms with van der Waals surface area (Å²) in [5.74, 6) is -3.02. The van der Waals surface area contributed by atoms with Gasteiger partial charge in [0.15, 0.2) is 5.78 Å². The van der Waals surface area contributed by atoms with Gasteiger partial charge in [0.1, 0.15) is 17.0 Å². The number of carbonyl (C=O) groups excluding carboxylic acids is 2. The van der Waals surface area contributed by atoms with E-state index in [1.54, 1.807) is 0 Å². The number of benzene rings is 1. The van der Waals surface area contributed by atoms with Crippen molar-refractivity contribution in [1.29, 1.82) is 0 Å². The number of aromatic nitrogens is 2. The minimum absolute atomic E-state index is 0.0977. The van der Waals surface area contributed by atoms with Crippen molar-refractivity contribution in [3.63, 3.8) is 0 Å². The molecule has 1 heterocycles. The van der Waals surface area contributed by atoms with Crippen LogP contribution in [0.3, 0.4) is 0 Å². The van der Waals surface area contributed by atoms with Gasteiger partial charge in [-0.25, -0.2) is 4.98 Å². The average molecular weight is 320 g/mol. The van der Waals surface area contributed by atoms with Crippen LogP contribution in [0.5, 0.6) is 0 Å². The van der Waals surface area contributed by atoms with Gasteiger partial charge in [0.2, 0.25) is 0 Å². The largest absolute Gasteiger partial charge is 0.299 e. The molecular formula is C15H13N3O5. The maximum absolute atomic E-state index is 13.1. The first kappa shape index (κ1) is 9.98. The summed E-state index contributed by atoms with van der Waals surface area (Å²) >= 11 is 0. The second kappa shape index (κ2) is 5.38. The molecule has 0 bridgehead atoms. The second-order valence-corrected chi connectivity index (χ2v) is 4.85. The van der Waals surface area contributed by atoms with Crippen LogP contribution in [-0.4, -0.2) is 26.0 Å². The van der Waals surface area contributed by atoms with Crippen molar-refractivity contribution in [2.75, 3.05) is 0 Å². The summed E-state index contributed by atoms with van der Waals surface area (Å²) < 4.78 is 40.5. The highest BCUT2D eigenvalue weighted by molar-refractivity contribution is 6.03. The molecule has 23 heavy (non-hydrogen) atoms. The van der Waals surface area contributed by atoms with Crippen molar-refractivity contribution in [3.05, 3.63) is 44.5 Å². The Bertz CT molecular complexity index is 1130. The molecular weight excluding hydrogens is 302 g/mol. The average Bonchev–Trinajstić information content (AvgIpc) is 2.59. The number of nitrogens with zero attached hydrogens (tertiary/aromatic N) is 3. The first-order valence-electron chi connectivity index (χ1n) is 9.02. The molecule has 1 saturated carbocycles. The number of ketones is 2. The summed E-state index contributed by atoms with van der Waals surface area (Å²) in [5.41, 5.74) is -2.00. The Kier molecular flexibility index (Phi) is 2.34. The Balaban J connectivity index is 2.48. The number of carbonyl (C=O) groups is 2. The maximum Gasteiger partial charge on any atom is 0.284 e. The van der Waals surface area contributed by atoms with Crippen molar-refractivity contribution in [3.8, 4) is 0 Å².